The molecule has 0 atom stereocenters. The number of anilines is 1. The van der Waals surface area contributed by atoms with Gasteiger partial charge in [0.1, 0.15) is 5.58 Å². The molecule has 0 bridgehead atoms. The van der Waals surface area contributed by atoms with Gasteiger partial charge in [0.25, 0.3) is 0 Å². The minimum atomic E-state index is -3.37. The average molecular weight is 423 g/mol. The van der Waals surface area contributed by atoms with E-state index in [0.717, 1.165) is 10.9 Å². The summed E-state index contributed by atoms with van der Waals surface area (Å²) >= 11 is 0. The Morgan fingerprint density at radius 1 is 1.14 bits per heavy atom. The van der Waals surface area contributed by atoms with Crippen molar-refractivity contribution in [3.05, 3.63) is 40.2 Å². The normalized spacial score (nSPS) is 12.5. The summed E-state index contributed by atoms with van der Waals surface area (Å²) < 4.78 is 31.0. The molecule has 7 nitrogen and oxygen atoms in total. The minimum Gasteiger partial charge on any atom is -0.422 e. The summed E-state index contributed by atoms with van der Waals surface area (Å²) in [4.78, 5) is 23.8. The molecule has 0 aliphatic heterocycles. The molecule has 1 amide bonds. The molecule has 2 rings (SSSR count). The van der Waals surface area contributed by atoms with Crippen LogP contribution in [0, 0.1) is 0 Å². The average Bonchev–Trinajstić information content (AvgIpc) is 2.59. The van der Waals surface area contributed by atoms with E-state index in [1.54, 1.807) is 32.9 Å². The first-order chi connectivity index (χ1) is 13.4. The molecular formula is C21H30N2O5S. The van der Waals surface area contributed by atoms with Gasteiger partial charge in [0.2, 0.25) is 15.9 Å². The second-order valence-electron chi connectivity index (χ2n) is 8.41. The molecule has 0 saturated carbocycles. The van der Waals surface area contributed by atoms with Crippen LogP contribution in [0.15, 0.2) is 33.5 Å². The van der Waals surface area contributed by atoms with Gasteiger partial charge in [-0.05, 0) is 57.7 Å². The van der Waals surface area contributed by atoms with Crippen LogP contribution < -0.4 is 15.7 Å². The van der Waals surface area contributed by atoms with Gasteiger partial charge >= 0.3 is 5.63 Å². The van der Waals surface area contributed by atoms with Crippen LogP contribution in [0.25, 0.3) is 11.0 Å². The second kappa shape index (κ2) is 9.09. The van der Waals surface area contributed by atoms with Crippen LogP contribution in [0.4, 0.5) is 5.69 Å². The zero-order valence-corrected chi connectivity index (χ0v) is 18.5. The van der Waals surface area contributed by atoms with Crippen molar-refractivity contribution in [2.45, 2.75) is 64.5 Å². The summed E-state index contributed by atoms with van der Waals surface area (Å²) in [6.45, 7) is 9.21. The van der Waals surface area contributed by atoms with E-state index in [9.17, 15) is 18.0 Å². The summed E-state index contributed by atoms with van der Waals surface area (Å²) in [7, 11) is -3.37. The number of sulfonamides is 1. The standard InChI is InChI=1S/C21H30N2O5S/c1-14(2)17-13-16(12-15-9-10-19(25)28-20(15)17)23-18(24)8-6-7-11-22-29(26,27)21(3,4)5/h9-10,12-14,22H,6-8,11H2,1-5H3,(H,23,24). The van der Waals surface area contributed by atoms with Gasteiger partial charge in [-0.2, -0.15) is 0 Å². The van der Waals surface area contributed by atoms with Crippen LogP contribution >= 0.6 is 0 Å². The fraction of sp³-hybridized carbons (Fsp3) is 0.524. The Morgan fingerprint density at radius 3 is 2.45 bits per heavy atom. The summed E-state index contributed by atoms with van der Waals surface area (Å²) in [6, 6.07) is 6.64. The molecule has 1 aromatic carbocycles. The number of amides is 1. The van der Waals surface area contributed by atoms with Gasteiger partial charge in [0.05, 0.1) is 4.75 Å². The van der Waals surface area contributed by atoms with E-state index in [1.165, 1.54) is 6.07 Å². The van der Waals surface area contributed by atoms with Gasteiger partial charge in [-0.1, -0.05) is 13.8 Å². The number of carbonyl (C=O) groups excluding carboxylic acids is 1. The Morgan fingerprint density at radius 2 is 1.83 bits per heavy atom. The number of hydrogen-bond acceptors (Lipinski definition) is 5. The molecule has 0 aliphatic carbocycles. The van der Waals surface area contributed by atoms with Crippen LogP contribution in [0.3, 0.4) is 0 Å². The first-order valence-corrected chi connectivity index (χ1v) is 11.3. The molecule has 160 valence electrons. The van der Waals surface area contributed by atoms with Gasteiger partial charge in [-0.3, -0.25) is 4.79 Å². The van der Waals surface area contributed by atoms with Crippen molar-refractivity contribution >= 4 is 32.6 Å². The Labute approximate surface area is 171 Å². The lowest BCUT2D eigenvalue weighted by Crippen LogP contribution is -2.39. The van der Waals surface area contributed by atoms with E-state index < -0.39 is 20.4 Å². The molecule has 0 unspecified atom stereocenters. The predicted molar refractivity (Wildman–Crippen MR) is 116 cm³/mol. The molecule has 8 heteroatoms. The van der Waals surface area contributed by atoms with Crippen molar-refractivity contribution in [3.8, 4) is 0 Å². The molecule has 29 heavy (non-hydrogen) atoms. The number of benzene rings is 1. The Bertz CT molecular complexity index is 1030. The van der Waals surface area contributed by atoms with Crippen LogP contribution in [-0.2, 0) is 14.8 Å². The van der Waals surface area contributed by atoms with Gasteiger partial charge in [0.15, 0.2) is 0 Å². The molecule has 0 fully saturated rings. The van der Waals surface area contributed by atoms with Crippen LogP contribution in [0.5, 0.6) is 0 Å². The Hall–Kier alpha value is -2.19. The van der Waals surface area contributed by atoms with E-state index in [1.807, 2.05) is 19.9 Å². The summed E-state index contributed by atoms with van der Waals surface area (Å²) in [5, 5.41) is 3.63. The Balaban J connectivity index is 1.95. The van der Waals surface area contributed by atoms with E-state index in [2.05, 4.69) is 10.0 Å². The molecule has 1 aromatic heterocycles. The second-order valence-corrected chi connectivity index (χ2v) is 10.9. The van der Waals surface area contributed by atoms with Gasteiger partial charge in [-0.15, -0.1) is 0 Å². The number of carbonyl (C=O) groups is 1. The first kappa shape index (κ1) is 23.1. The third-order valence-corrected chi connectivity index (χ3v) is 6.78. The fourth-order valence-electron chi connectivity index (χ4n) is 2.77. The highest BCUT2D eigenvalue weighted by Gasteiger charge is 2.27. The smallest absolute Gasteiger partial charge is 0.336 e. The highest BCUT2D eigenvalue weighted by Crippen LogP contribution is 2.28. The van der Waals surface area contributed by atoms with Gasteiger partial charge in [0, 0.05) is 35.7 Å². The molecule has 2 aromatic rings. The molecule has 0 saturated heterocycles. The van der Waals surface area contributed by atoms with Crippen molar-refractivity contribution in [2.75, 3.05) is 11.9 Å². The lowest BCUT2D eigenvalue weighted by molar-refractivity contribution is -0.116. The maximum Gasteiger partial charge on any atom is 0.336 e. The van der Waals surface area contributed by atoms with Crippen molar-refractivity contribution in [1.29, 1.82) is 0 Å². The summed E-state index contributed by atoms with van der Waals surface area (Å²) in [6.07, 6.45) is 1.43. The van der Waals surface area contributed by atoms with E-state index in [4.69, 9.17) is 4.42 Å². The topological polar surface area (TPSA) is 105 Å². The number of nitrogens with one attached hydrogen (secondary N) is 2. The van der Waals surface area contributed by atoms with Crippen LogP contribution in [-0.4, -0.2) is 25.6 Å². The first-order valence-electron chi connectivity index (χ1n) is 9.77. The lowest BCUT2D eigenvalue weighted by Gasteiger charge is -2.19. The molecule has 1 heterocycles. The zero-order valence-electron chi connectivity index (χ0n) is 17.7. The van der Waals surface area contributed by atoms with E-state index >= 15 is 0 Å². The number of hydrogen-bond donors (Lipinski definition) is 2. The fourth-order valence-corrected chi connectivity index (χ4v) is 3.61. The highest BCUT2D eigenvalue weighted by atomic mass is 32.2. The van der Waals surface area contributed by atoms with Crippen molar-refractivity contribution < 1.29 is 17.6 Å². The Kier molecular flexibility index (Phi) is 7.24. The molecule has 0 spiro atoms. The molecule has 0 aliphatic rings. The van der Waals surface area contributed by atoms with Crippen LogP contribution in [0.2, 0.25) is 0 Å². The molecule has 0 radical (unpaired) electrons. The minimum absolute atomic E-state index is 0.121. The SMILES string of the molecule is CC(C)c1cc(NC(=O)CCCCNS(=O)(=O)C(C)(C)C)cc2ccc(=O)oc12. The lowest BCUT2D eigenvalue weighted by atomic mass is 9.99. The van der Waals surface area contributed by atoms with E-state index in [-0.39, 0.29) is 18.2 Å². The largest absolute Gasteiger partial charge is 0.422 e. The summed E-state index contributed by atoms with van der Waals surface area (Å²) in [5.74, 6) is -0.0224. The highest BCUT2D eigenvalue weighted by molar-refractivity contribution is 7.90. The van der Waals surface area contributed by atoms with Crippen molar-refractivity contribution in [1.82, 2.24) is 4.72 Å². The summed E-state index contributed by atoms with van der Waals surface area (Å²) in [5.41, 5.74) is 1.63. The monoisotopic (exact) mass is 422 g/mol. The maximum absolute atomic E-state index is 12.3. The van der Waals surface area contributed by atoms with Gasteiger partial charge in [-0.25, -0.2) is 17.9 Å². The van der Waals surface area contributed by atoms with Crippen LogP contribution in [0.1, 0.15) is 65.4 Å². The van der Waals surface area contributed by atoms with Crippen molar-refractivity contribution in [3.63, 3.8) is 0 Å². The van der Waals surface area contributed by atoms with E-state index in [0.29, 0.717) is 30.7 Å². The third-order valence-electron chi connectivity index (χ3n) is 4.58. The number of rotatable bonds is 8. The third kappa shape index (κ3) is 6.14. The zero-order chi connectivity index (χ0) is 21.8. The molecular weight excluding hydrogens is 392 g/mol. The van der Waals surface area contributed by atoms with Gasteiger partial charge < -0.3 is 9.73 Å². The maximum atomic E-state index is 12.3. The predicted octanol–water partition coefficient (Wildman–Crippen LogP) is 3.74. The molecule has 2 N–H and O–H groups in total. The number of unbranched alkanes of at least 4 members (excludes halogenated alkanes) is 1. The van der Waals surface area contributed by atoms with Crippen molar-refractivity contribution in [2.24, 2.45) is 0 Å². The quantitative estimate of drug-likeness (QED) is 0.498. The number of fused-ring (bicyclic) bond motifs is 1.